The van der Waals surface area contributed by atoms with Gasteiger partial charge in [0.15, 0.2) is 5.76 Å². The average molecular weight is 592 g/mol. The van der Waals surface area contributed by atoms with Gasteiger partial charge in [-0.15, -0.1) is 0 Å². The number of anilines is 1. The summed E-state index contributed by atoms with van der Waals surface area (Å²) in [5.41, 5.74) is 2.31. The fourth-order valence-corrected chi connectivity index (χ4v) is 4.41. The summed E-state index contributed by atoms with van der Waals surface area (Å²) in [6, 6.07) is 21.7. The number of hydrogen-bond donors (Lipinski definition) is 4. The zero-order chi connectivity index (χ0) is 29.9. The lowest BCUT2D eigenvalue weighted by Gasteiger charge is -2.19. The Morgan fingerprint density at radius 2 is 1.64 bits per heavy atom. The Labute approximate surface area is 247 Å². The van der Waals surface area contributed by atoms with Gasteiger partial charge in [-0.1, -0.05) is 66.2 Å². The second-order valence-electron chi connectivity index (χ2n) is 9.45. The summed E-state index contributed by atoms with van der Waals surface area (Å²) in [6.45, 7) is 0.187. The van der Waals surface area contributed by atoms with E-state index < -0.39 is 29.9 Å². The second-order valence-corrected chi connectivity index (χ2v) is 9.86. The predicted molar refractivity (Wildman–Crippen MR) is 157 cm³/mol. The molecule has 0 unspecified atom stereocenters. The molecule has 0 bridgehead atoms. The van der Waals surface area contributed by atoms with E-state index in [-0.39, 0.29) is 38.2 Å². The molecular formula is C31H30ClN3O7. The zero-order valence-corrected chi connectivity index (χ0v) is 23.4. The summed E-state index contributed by atoms with van der Waals surface area (Å²) in [5, 5.41) is 18.5. The van der Waals surface area contributed by atoms with Crippen molar-refractivity contribution in [1.82, 2.24) is 10.6 Å². The van der Waals surface area contributed by atoms with Crippen LogP contribution in [0.1, 0.15) is 40.9 Å². The maximum atomic E-state index is 13.4. The number of nitrogens with one attached hydrogen (secondary N) is 3. The molecule has 1 atom stereocenters. The maximum Gasteiger partial charge on any atom is 0.407 e. The van der Waals surface area contributed by atoms with Crippen molar-refractivity contribution < 1.29 is 33.4 Å². The number of furan rings is 1. The van der Waals surface area contributed by atoms with Crippen molar-refractivity contribution in [3.05, 3.63) is 101 Å². The molecule has 1 aromatic heterocycles. The van der Waals surface area contributed by atoms with Gasteiger partial charge >= 0.3 is 12.1 Å². The van der Waals surface area contributed by atoms with Crippen LogP contribution in [0.25, 0.3) is 11.0 Å². The molecule has 0 spiro atoms. The highest BCUT2D eigenvalue weighted by molar-refractivity contribution is 6.31. The van der Waals surface area contributed by atoms with Crippen LogP contribution in [0.5, 0.6) is 0 Å². The lowest BCUT2D eigenvalue weighted by Crippen LogP contribution is -2.44. The lowest BCUT2D eigenvalue weighted by atomic mass is 10.1. The number of benzene rings is 3. The zero-order valence-electron chi connectivity index (χ0n) is 22.6. The van der Waals surface area contributed by atoms with Crippen LogP contribution >= 0.6 is 11.6 Å². The van der Waals surface area contributed by atoms with Gasteiger partial charge in [-0.05, 0) is 49.1 Å². The number of fused-ring (bicyclic) bond motifs is 1. The number of aryl methyl sites for hydroxylation is 1. The molecule has 0 radical (unpaired) electrons. The first-order valence-electron chi connectivity index (χ1n) is 13.3. The SMILES string of the molecule is O=C(O)CCc1ccccc1NC(=O)[C@H](CCCNC(=O)OCc1ccccc1Cl)NC(=O)c1cc2ccccc2o1. The van der Waals surface area contributed by atoms with Crippen LogP contribution < -0.4 is 16.0 Å². The van der Waals surface area contributed by atoms with Gasteiger partial charge in [-0.2, -0.15) is 0 Å². The van der Waals surface area contributed by atoms with Gasteiger partial charge in [-0.3, -0.25) is 14.4 Å². The number of halogens is 1. The first-order valence-corrected chi connectivity index (χ1v) is 13.7. The largest absolute Gasteiger partial charge is 0.481 e. The van der Waals surface area contributed by atoms with Crippen LogP contribution in [0.3, 0.4) is 0 Å². The third-order valence-electron chi connectivity index (χ3n) is 6.41. The van der Waals surface area contributed by atoms with E-state index in [9.17, 15) is 19.2 Å². The summed E-state index contributed by atoms with van der Waals surface area (Å²) < 4.78 is 10.9. The highest BCUT2D eigenvalue weighted by Gasteiger charge is 2.24. The predicted octanol–water partition coefficient (Wildman–Crippen LogP) is 5.55. The van der Waals surface area contributed by atoms with Gasteiger partial charge in [0.25, 0.3) is 5.91 Å². The van der Waals surface area contributed by atoms with Crippen LogP contribution in [0.4, 0.5) is 10.5 Å². The van der Waals surface area contributed by atoms with Crippen molar-refractivity contribution in [2.24, 2.45) is 0 Å². The Morgan fingerprint density at radius 1 is 0.929 bits per heavy atom. The van der Waals surface area contributed by atoms with E-state index in [4.69, 9.17) is 25.9 Å². The minimum Gasteiger partial charge on any atom is -0.481 e. The molecule has 3 aromatic carbocycles. The smallest absolute Gasteiger partial charge is 0.407 e. The van der Waals surface area contributed by atoms with E-state index in [2.05, 4.69) is 16.0 Å². The van der Waals surface area contributed by atoms with Crippen molar-refractivity contribution in [2.45, 2.75) is 38.3 Å². The van der Waals surface area contributed by atoms with Gasteiger partial charge in [0, 0.05) is 34.6 Å². The first-order chi connectivity index (χ1) is 20.3. The third-order valence-corrected chi connectivity index (χ3v) is 6.78. The number of carboxylic acids is 1. The van der Waals surface area contributed by atoms with E-state index in [1.54, 1.807) is 66.7 Å². The average Bonchev–Trinajstić information content (AvgIpc) is 3.42. The van der Waals surface area contributed by atoms with E-state index >= 15 is 0 Å². The van der Waals surface area contributed by atoms with Crippen LogP contribution in [0, 0.1) is 0 Å². The highest BCUT2D eigenvalue weighted by atomic mass is 35.5. The van der Waals surface area contributed by atoms with Gasteiger partial charge in [-0.25, -0.2) is 4.79 Å². The Kier molecular flexibility index (Phi) is 10.5. The summed E-state index contributed by atoms with van der Waals surface area (Å²) >= 11 is 6.09. The fraction of sp³-hybridized carbons (Fsp3) is 0.226. The molecule has 0 aliphatic rings. The number of carbonyl (C=O) groups excluding carboxylic acids is 3. The number of aliphatic carboxylic acids is 1. The van der Waals surface area contributed by atoms with Gasteiger partial charge in [0.2, 0.25) is 5.91 Å². The fourth-order valence-electron chi connectivity index (χ4n) is 4.22. The number of alkyl carbamates (subject to hydrolysis) is 1. The van der Waals surface area contributed by atoms with Gasteiger partial charge in [0.1, 0.15) is 18.2 Å². The molecular weight excluding hydrogens is 562 g/mol. The van der Waals surface area contributed by atoms with E-state index in [1.807, 2.05) is 12.1 Å². The van der Waals surface area contributed by atoms with Gasteiger partial charge in [0.05, 0.1) is 0 Å². The number of carbonyl (C=O) groups is 4. The molecule has 1 heterocycles. The molecule has 0 saturated heterocycles. The summed E-state index contributed by atoms with van der Waals surface area (Å²) in [4.78, 5) is 49.7. The quantitative estimate of drug-likeness (QED) is 0.149. The Hall–Kier alpha value is -4.83. The third kappa shape index (κ3) is 8.58. The molecule has 0 aliphatic heterocycles. The van der Waals surface area contributed by atoms with E-state index in [1.165, 1.54) is 0 Å². The number of rotatable bonds is 13. The second kappa shape index (κ2) is 14.7. The highest BCUT2D eigenvalue weighted by Crippen LogP contribution is 2.20. The standard InChI is InChI=1S/C31H30ClN3O7/c32-23-11-4-1-10-22(23)19-41-31(40)33-17-7-13-25(35-30(39)27-18-21-9-3-6-14-26(21)42-27)29(38)34-24-12-5-2-8-20(24)15-16-28(36)37/h1-6,8-12,14,18,25H,7,13,15-17,19H2,(H,33,40)(H,34,38)(H,35,39)(H,36,37)/t25-/m0/s1. The maximum absolute atomic E-state index is 13.4. The van der Waals surface area contributed by atoms with Crippen LogP contribution in [-0.2, 0) is 27.4 Å². The topological polar surface area (TPSA) is 147 Å². The minimum absolute atomic E-state index is 0.00534. The number of para-hydroxylation sites is 2. The molecule has 4 aromatic rings. The molecule has 4 N–H and O–H groups in total. The Balaban J connectivity index is 1.39. The van der Waals surface area contributed by atoms with Gasteiger partial charge < -0.3 is 30.2 Å². The molecule has 3 amide bonds. The molecule has 42 heavy (non-hydrogen) atoms. The molecule has 0 fully saturated rings. The molecule has 11 heteroatoms. The van der Waals surface area contributed by atoms with Crippen molar-refractivity contribution >= 4 is 52.1 Å². The molecule has 0 aliphatic carbocycles. The van der Waals surface area contributed by atoms with E-state index in [0.29, 0.717) is 33.8 Å². The van der Waals surface area contributed by atoms with Crippen molar-refractivity contribution in [3.63, 3.8) is 0 Å². The van der Waals surface area contributed by atoms with Crippen LogP contribution in [-0.4, -0.2) is 41.6 Å². The number of hydrogen-bond acceptors (Lipinski definition) is 6. The number of ether oxygens (including phenoxy) is 1. The normalized spacial score (nSPS) is 11.5. The first kappa shape index (κ1) is 30.1. The molecule has 4 rings (SSSR count). The summed E-state index contributed by atoms with van der Waals surface area (Å²) in [5.74, 6) is -1.97. The lowest BCUT2D eigenvalue weighted by molar-refractivity contribution is -0.137. The monoisotopic (exact) mass is 591 g/mol. The van der Waals surface area contributed by atoms with E-state index in [0.717, 1.165) is 5.39 Å². The summed E-state index contributed by atoms with van der Waals surface area (Å²) in [7, 11) is 0. The number of amides is 3. The summed E-state index contributed by atoms with van der Waals surface area (Å²) in [6.07, 6.45) is -0.00540. The Morgan fingerprint density at radius 3 is 2.40 bits per heavy atom. The molecule has 10 nitrogen and oxygen atoms in total. The van der Waals surface area contributed by atoms with Crippen molar-refractivity contribution in [1.29, 1.82) is 0 Å². The van der Waals surface area contributed by atoms with Crippen molar-refractivity contribution in [2.75, 3.05) is 11.9 Å². The molecule has 0 saturated carbocycles. The van der Waals surface area contributed by atoms with Crippen molar-refractivity contribution in [3.8, 4) is 0 Å². The number of carboxylic acid groups (broad SMARTS) is 1. The Bertz CT molecular complexity index is 1540. The van der Waals surface area contributed by atoms with Crippen LogP contribution in [0.15, 0.2) is 83.3 Å². The minimum atomic E-state index is -0.987. The van der Waals surface area contributed by atoms with Crippen LogP contribution in [0.2, 0.25) is 5.02 Å². The molecule has 218 valence electrons.